The van der Waals surface area contributed by atoms with E-state index in [2.05, 4.69) is 17.3 Å². The van der Waals surface area contributed by atoms with Crippen LogP contribution >= 0.6 is 0 Å². The first-order chi connectivity index (χ1) is 11.7. The van der Waals surface area contributed by atoms with E-state index in [0.717, 1.165) is 19.4 Å². The number of rotatable bonds is 9. The summed E-state index contributed by atoms with van der Waals surface area (Å²) in [6.07, 6.45) is 3.52. The number of nitrogens with one attached hydrogen (secondary N) is 1. The fourth-order valence-electron chi connectivity index (χ4n) is 2.25. The molecule has 0 bridgehead atoms. The molecular formula is C18H25N3O3. The molecule has 0 aliphatic carbocycles. The Morgan fingerprint density at radius 2 is 1.96 bits per heavy atom. The molecule has 1 heterocycles. The number of amides is 1. The highest BCUT2D eigenvalue weighted by Gasteiger charge is 2.19. The molecule has 0 unspecified atom stereocenters. The number of anilines is 1. The summed E-state index contributed by atoms with van der Waals surface area (Å²) in [4.78, 5) is 12.7. The van der Waals surface area contributed by atoms with E-state index in [1.807, 2.05) is 38.1 Å². The summed E-state index contributed by atoms with van der Waals surface area (Å²) < 4.78 is 12.9. The van der Waals surface area contributed by atoms with Gasteiger partial charge in [-0.2, -0.15) is 0 Å². The minimum absolute atomic E-state index is 0.254. The summed E-state index contributed by atoms with van der Waals surface area (Å²) in [6, 6.07) is 7.36. The van der Waals surface area contributed by atoms with Crippen molar-refractivity contribution in [2.24, 2.45) is 0 Å². The van der Waals surface area contributed by atoms with Gasteiger partial charge in [0.25, 0.3) is 5.91 Å². The second-order valence-corrected chi connectivity index (χ2v) is 5.34. The summed E-state index contributed by atoms with van der Waals surface area (Å²) >= 11 is 0. The molecule has 1 aromatic heterocycles. The van der Waals surface area contributed by atoms with Crippen molar-refractivity contribution in [2.75, 3.05) is 18.5 Å². The summed E-state index contributed by atoms with van der Waals surface area (Å²) in [5.74, 6) is 0.762. The van der Waals surface area contributed by atoms with Crippen LogP contribution in [0.1, 0.15) is 44.0 Å². The van der Waals surface area contributed by atoms with Crippen molar-refractivity contribution in [3.8, 4) is 11.6 Å². The third-order valence-electron chi connectivity index (χ3n) is 3.30. The fourth-order valence-corrected chi connectivity index (χ4v) is 2.25. The summed E-state index contributed by atoms with van der Waals surface area (Å²) in [6.45, 7) is 7.79. The van der Waals surface area contributed by atoms with Crippen LogP contribution in [0.25, 0.3) is 0 Å². The summed E-state index contributed by atoms with van der Waals surface area (Å²) in [5.41, 5.74) is 1.07. The zero-order valence-electron chi connectivity index (χ0n) is 14.5. The number of para-hydroxylation sites is 2. The Morgan fingerprint density at radius 3 is 2.67 bits per heavy atom. The van der Waals surface area contributed by atoms with Crippen molar-refractivity contribution in [1.29, 1.82) is 0 Å². The number of benzene rings is 1. The molecule has 1 N–H and O–H groups in total. The van der Waals surface area contributed by atoms with Gasteiger partial charge >= 0.3 is 0 Å². The van der Waals surface area contributed by atoms with Crippen molar-refractivity contribution in [2.45, 2.75) is 40.2 Å². The Balaban J connectivity index is 2.22. The number of hydrogen-bond donors (Lipinski definition) is 1. The first-order valence-electron chi connectivity index (χ1n) is 8.43. The second-order valence-electron chi connectivity index (χ2n) is 5.34. The number of aryl methyl sites for hydroxylation is 1. The maximum Gasteiger partial charge on any atom is 0.262 e. The predicted octanol–water partition coefficient (Wildman–Crippen LogP) is 3.73. The Labute approximate surface area is 142 Å². The molecule has 0 saturated carbocycles. The SMILES string of the molecule is CCCOc1nn(CCC)cc1C(=O)Nc1ccccc1OCC. The maximum absolute atomic E-state index is 12.7. The summed E-state index contributed by atoms with van der Waals surface area (Å²) in [5, 5.41) is 7.25. The molecule has 0 spiro atoms. The van der Waals surface area contributed by atoms with Gasteiger partial charge in [0.2, 0.25) is 5.88 Å². The minimum atomic E-state index is -0.254. The third-order valence-corrected chi connectivity index (χ3v) is 3.30. The van der Waals surface area contributed by atoms with Gasteiger partial charge in [-0.3, -0.25) is 9.48 Å². The average molecular weight is 331 g/mol. The average Bonchev–Trinajstić information content (AvgIpc) is 2.98. The van der Waals surface area contributed by atoms with E-state index < -0.39 is 0 Å². The monoisotopic (exact) mass is 331 g/mol. The number of nitrogens with zero attached hydrogens (tertiary/aromatic N) is 2. The molecule has 1 aromatic carbocycles. The van der Waals surface area contributed by atoms with Gasteiger partial charge in [0, 0.05) is 12.7 Å². The smallest absolute Gasteiger partial charge is 0.262 e. The van der Waals surface area contributed by atoms with Crippen LogP contribution in [0.5, 0.6) is 11.6 Å². The van der Waals surface area contributed by atoms with Crippen LogP contribution in [0.3, 0.4) is 0 Å². The minimum Gasteiger partial charge on any atom is -0.492 e. The lowest BCUT2D eigenvalue weighted by molar-refractivity contribution is 0.102. The molecule has 2 rings (SSSR count). The zero-order valence-corrected chi connectivity index (χ0v) is 14.5. The standard InChI is InChI=1S/C18H25N3O3/c1-4-11-21-13-14(18(20-21)24-12-5-2)17(22)19-15-9-7-8-10-16(15)23-6-3/h7-10,13H,4-6,11-12H2,1-3H3,(H,19,22). The van der Waals surface area contributed by atoms with Gasteiger partial charge in [-0.1, -0.05) is 26.0 Å². The van der Waals surface area contributed by atoms with E-state index in [1.54, 1.807) is 10.9 Å². The quantitative estimate of drug-likeness (QED) is 0.760. The van der Waals surface area contributed by atoms with E-state index in [1.165, 1.54) is 0 Å². The van der Waals surface area contributed by atoms with Crippen LogP contribution in [0.15, 0.2) is 30.5 Å². The second kappa shape index (κ2) is 8.96. The van der Waals surface area contributed by atoms with Gasteiger partial charge in [0.1, 0.15) is 11.3 Å². The fraction of sp³-hybridized carbons (Fsp3) is 0.444. The maximum atomic E-state index is 12.7. The number of aromatic nitrogens is 2. The van der Waals surface area contributed by atoms with Gasteiger partial charge in [0.05, 0.1) is 18.9 Å². The molecule has 0 aliphatic rings. The van der Waals surface area contributed by atoms with Crippen molar-refractivity contribution in [3.05, 3.63) is 36.0 Å². The van der Waals surface area contributed by atoms with Crippen LogP contribution in [0, 0.1) is 0 Å². The van der Waals surface area contributed by atoms with Gasteiger partial charge in [-0.15, -0.1) is 5.10 Å². The first kappa shape index (κ1) is 17.8. The number of carbonyl (C=O) groups excluding carboxylic acids is 1. The van der Waals surface area contributed by atoms with Crippen LogP contribution < -0.4 is 14.8 Å². The van der Waals surface area contributed by atoms with Crippen LogP contribution in [-0.4, -0.2) is 28.9 Å². The van der Waals surface area contributed by atoms with Crippen LogP contribution in [-0.2, 0) is 6.54 Å². The molecule has 6 nitrogen and oxygen atoms in total. The van der Waals surface area contributed by atoms with Crippen LogP contribution in [0.4, 0.5) is 5.69 Å². The number of carbonyl (C=O) groups is 1. The molecule has 0 aliphatic heterocycles. The predicted molar refractivity (Wildman–Crippen MR) is 93.9 cm³/mol. The molecule has 1 amide bonds. The lowest BCUT2D eigenvalue weighted by Gasteiger charge is -2.11. The van der Waals surface area contributed by atoms with E-state index in [0.29, 0.717) is 36.1 Å². The molecule has 0 radical (unpaired) electrons. The highest BCUT2D eigenvalue weighted by Crippen LogP contribution is 2.26. The molecule has 6 heteroatoms. The Hall–Kier alpha value is -2.50. The van der Waals surface area contributed by atoms with Crippen LogP contribution in [0.2, 0.25) is 0 Å². The van der Waals surface area contributed by atoms with Crippen molar-refractivity contribution < 1.29 is 14.3 Å². The van der Waals surface area contributed by atoms with E-state index >= 15 is 0 Å². The van der Waals surface area contributed by atoms with Crippen molar-refractivity contribution in [3.63, 3.8) is 0 Å². The lowest BCUT2D eigenvalue weighted by atomic mass is 10.2. The van der Waals surface area contributed by atoms with E-state index in [9.17, 15) is 4.79 Å². The normalized spacial score (nSPS) is 10.5. The molecule has 0 atom stereocenters. The molecular weight excluding hydrogens is 306 g/mol. The molecule has 0 fully saturated rings. The molecule has 130 valence electrons. The summed E-state index contributed by atoms with van der Waals surface area (Å²) in [7, 11) is 0. The number of hydrogen-bond acceptors (Lipinski definition) is 4. The first-order valence-corrected chi connectivity index (χ1v) is 8.43. The lowest BCUT2D eigenvalue weighted by Crippen LogP contribution is -2.14. The van der Waals surface area contributed by atoms with Gasteiger partial charge in [-0.05, 0) is 31.9 Å². The van der Waals surface area contributed by atoms with Crippen molar-refractivity contribution >= 4 is 11.6 Å². The molecule has 24 heavy (non-hydrogen) atoms. The number of ether oxygens (including phenoxy) is 2. The van der Waals surface area contributed by atoms with E-state index in [-0.39, 0.29) is 5.91 Å². The zero-order chi connectivity index (χ0) is 17.4. The van der Waals surface area contributed by atoms with Gasteiger partial charge in [-0.25, -0.2) is 0 Å². The third kappa shape index (κ3) is 4.50. The highest BCUT2D eigenvalue weighted by molar-refractivity contribution is 6.06. The van der Waals surface area contributed by atoms with Gasteiger partial charge < -0.3 is 14.8 Å². The Kier molecular flexibility index (Phi) is 6.66. The Morgan fingerprint density at radius 1 is 1.17 bits per heavy atom. The largest absolute Gasteiger partial charge is 0.492 e. The van der Waals surface area contributed by atoms with Crippen molar-refractivity contribution in [1.82, 2.24) is 9.78 Å². The van der Waals surface area contributed by atoms with E-state index in [4.69, 9.17) is 9.47 Å². The molecule has 0 saturated heterocycles. The highest BCUT2D eigenvalue weighted by atomic mass is 16.5. The van der Waals surface area contributed by atoms with Gasteiger partial charge in [0.15, 0.2) is 0 Å². The topological polar surface area (TPSA) is 65.4 Å². The molecule has 2 aromatic rings. The Bertz CT molecular complexity index is 667.